The van der Waals surface area contributed by atoms with Crippen LogP contribution in [0.2, 0.25) is 0 Å². The lowest BCUT2D eigenvalue weighted by Crippen LogP contribution is -2.23. The van der Waals surface area contributed by atoms with Crippen LogP contribution in [0.4, 0.5) is 0 Å². The summed E-state index contributed by atoms with van der Waals surface area (Å²) < 4.78 is 1.77. The fourth-order valence-corrected chi connectivity index (χ4v) is 2.67. The summed E-state index contributed by atoms with van der Waals surface area (Å²) in [5, 5.41) is 19.9. The van der Waals surface area contributed by atoms with E-state index >= 15 is 0 Å². The molecule has 3 atom stereocenters. The predicted octanol–water partition coefficient (Wildman–Crippen LogP) is 2.04. The van der Waals surface area contributed by atoms with Crippen molar-refractivity contribution in [1.29, 1.82) is 0 Å². The molecule has 0 radical (unpaired) electrons. The molecule has 0 saturated heterocycles. The van der Waals surface area contributed by atoms with Gasteiger partial charge in [0.25, 0.3) is 0 Å². The molecular weight excluding hydrogens is 268 g/mol. The van der Waals surface area contributed by atoms with Crippen molar-refractivity contribution >= 4 is 22.3 Å². The van der Waals surface area contributed by atoms with Gasteiger partial charge in [-0.25, -0.2) is 4.41 Å². The van der Waals surface area contributed by atoms with E-state index in [0.29, 0.717) is 18.5 Å². The van der Waals surface area contributed by atoms with E-state index in [2.05, 4.69) is 10.3 Å². The molecule has 3 unspecified atom stereocenters. The van der Waals surface area contributed by atoms with Crippen LogP contribution in [0.1, 0.15) is 20.3 Å². The first-order chi connectivity index (χ1) is 8.99. The maximum absolute atomic E-state index is 10.9. The highest BCUT2D eigenvalue weighted by Crippen LogP contribution is 2.20. The second-order valence-electron chi connectivity index (χ2n) is 4.19. The van der Waals surface area contributed by atoms with Crippen molar-refractivity contribution in [2.75, 3.05) is 12.8 Å². The molecule has 0 aromatic carbocycles. The van der Waals surface area contributed by atoms with Gasteiger partial charge in [0.1, 0.15) is 6.04 Å². The molecule has 0 fully saturated rings. The summed E-state index contributed by atoms with van der Waals surface area (Å²) >= 11 is 0. The predicted molar refractivity (Wildman–Crippen MR) is 79.2 cm³/mol. The normalized spacial score (nSPS) is 21.9. The van der Waals surface area contributed by atoms with E-state index in [1.54, 1.807) is 16.7 Å². The van der Waals surface area contributed by atoms with E-state index < -0.39 is 12.1 Å². The van der Waals surface area contributed by atoms with Crippen molar-refractivity contribution in [3.05, 3.63) is 26.7 Å². The molecule has 0 bridgehead atoms. The smallest absolute Gasteiger partial charge is 0.231 e. The minimum absolute atomic E-state index is 0.145. The number of nitroso groups, excluding NO2 is 1. The van der Waals surface area contributed by atoms with Crippen molar-refractivity contribution in [3.8, 4) is 0 Å². The second-order valence-corrected chi connectivity index (χ2v) is 5.93. The van der Waals surface area contributed by atoms with Crippen molar-refractivity contribution in [2.45, 2.75) is 32.4 Å². The Labute approximate surface area is 114 Å². The molecule has 1 aliphatic rings. The SMILES string of the molecule is CCC(=CC(CN1N=CC=S1C)N=O)C(C)[N+](=O)[O-]. The number of nitrogens with zero attached hydrogens (tertiary/aromatic N) is 4. The van der Waals surface area contributed by atoms with Gasteiger partial charge in [0.15, 0.2) is 0 Å². The average molecular weight is 286 g/mol. The van der Waals surface area contributed by atoms with Crippen LogP contribution < -0.4 is 0 Å². The van der Waals surface area contributed by atoms with E-state index in [4.69, 9.17) is 0 Å². The van der Waals surface area contributed by atoms with E-state index in [-0.39, 0.29) is 15.6 Å². The third-order valence-corrected chi connectivity index (χ3v) is 4.36. The number of nitro groups is 1. The maximum Gasteiger partial charge on any atom is 0.231 e. The summed E-state index contributed by atoms with van der Waals surface area (Å²) in [5.41, 5.74) is 0.623. The quantitative estimate of drug-likeness (QED) is 0.235. The highest BCUT2D eigenvalue weighted by Gasteiger charge is 2.21. The van der Waals surface area contributed by atoms with Gasteiger partial charge in [-0.15, -0.1) is 0 Å². The van der Waals surface area contributed by atoms with Gasteiger partial charge >= 0.3 is 0 Å². The van der Waals surface area contributed by atoms with Crippen LogP contribution in [-0.4, -0.2) is 45.8 Å². The lowest BCUT2D eigenvalue weighted by molar-refractivity contribution is -0.508. The number of rotatable bonds is 7. The zero-order valence-corrected chi connectivity index (χ0v) is 12.0. The maximum atomic E-state index is 10.9. The second kappa shape index (κ2) is 7.13. The molecule has 19 heavy (non-hydrogen) atoms. The van der Waals surface area contributed by atoms with Crippen LogP contribution in [0, 0.1) is 15.0 Å². The van der Waals surface area contributed by atoms with Crippen molar-refractivity contribution in [1.82, 2.24) is 4.41 Å². The monoisotopic (exact) mass is 286 g/mol. The Bertz CT molecular complexity index is 447. The minimum atomic E-state index is -0.789. The fourth-order valence-electron chi connectivity index (χ4n) is 1.71. The highest BCUT2D eigenvalue weighted by atomic mass is 32.2. The molecule has 0 aliphatic carbocycles. The summed E-state index contributed by atoms with van der Waals surface area (Å²) in [4.78, 5) is 21.3. The lowest BCUT2D eigenvalue weighted by atomic mass is 10.0. The molecule has 7 nitrogen and oxygen atoms in total. The topological polar surface area (TPSA) is 88.2 Å². The number of hydrazone groups is 1. The lowest BCUT2D eigenvalue weighted by Gasteiger charge is -2.18. The molecule has 1 rings (SSSR count). The van der Waals surface area contributed by atoms with Crippen LogP contribution in [0.25, 0.3) is 0 Å². The third-order valence-electron chi connectivity index (χ3n) is 2.93. The zero-order chi connectivity index (χ0) is 14.4. The first-order valence-electron chi connectivity index (χ1n) is 5.96. The summed E-state index contributed by atoms with van der Waals surface area (Å²) in [6, 6.07) is -1.40. The van der Waals surface area contributed by atoms with Crippen LogP contribution in [0.15, 0.2) is 21.9 Å². The van der Waals surface area contributed by atoms with E-state index in [0.717, 1.165) is 0 Å². The molecule has 0 aromatic heterocycles. The number of hydrogen-bond donors (Lipinski definition) is 0. The molecule has 1 aliphatic heterocycles. The van der Waals surface area contributed by atoms with Gasteiger partial charge in [0.05, 0.1) is 12.8 Å². The van der Waals surface area contributed by atoms with Gasteiger partial charge in [-0.3, -0.25) is 10.1 Å². The van der Waals surface area contributed by atoms with E-state index in [1.807, 2.05) is 18.5 Å². The molecule has 1 heterocycles. The third kappa shape index (κ3) is 4.23. The molecule has 0 amide bonds. The Morgan fingerprint density at radius 1 is 1.68 bits per heavy atom. The minimum Gasteiger partial charge on any atom is -0.264 e. The largest absolute Gasteiger partial charge is 0.264 e. The van der Waals surface area contributed by atoms with Crippen molar-refractivity contribution in [3.63, 3.8) is 0 Å². The first kappa shape index (κ1) is 15.5. The highest BCUT2D eigenvalue weighted by molar-refractivity contribution is 8.13. The Kier molecular flexibility index (Phi) is 5.81. The van der Waals surface area contributed by atoms with Gasteiger partial charge in [-0.05, 0) is 18.8 Å². The summed E-state index contributed by atoms with van der Waals surface area (Å²) in [7, 11) is -0.145. The molecule has 0 spiro atoms. The Morgan fingerprint density at radius 2 is 2.37 bits per heavy atom. The van der Waals surface area contributed by atoms with Gasteiger partial charge in [0, 0.05) is 22.8 Å². The van der Waals surface area contributed by atoms with E-state index in [1.165, 1.54) is 6.92 Å². The summed E-state index contributed by atoms with van der Waals surface area (Å²) in [6.45, 7) is 3.70. The molecular formula is C11H18N4O3S. The average Bonchev–Trinajstić information content (AvgIpc) is 2.79. The molecule has 0 saturated carbocycles. The molecule has 0 N–H and O–H groups in total. The van der Waals surface area contributed by atoms with Gasteiger partial charge < -0.3 is 0 Å². The fraction of sp³-hybridized carbons (Fsp3) is 0.636. The first-order valence-corrected chi connectivity index (χ1v) is 7.61. The number of hydrogen-bond acceptors (Lipinski definition) is 6. The Balaban J connectivity index is 2.78. The van der Waals surface area contributed by atoms with Crippen LogP contribution in [0.5, 0.6) is 0 Å². The summed E-state index contributed by atoms with van der Waals surface area (Å²) in [6.07, 6.45) is 5.81. The van der Waals surface area contributed by atoms with Gasteiger partial charge in [0.2, 0.25) is 6.04 Å². The Morgan fingerprint density at radius 3 is 2.79 bits per heavy atom. The van der Waals surface area contributed by atoms with Crippen molar-refractivity contribution < 1.29 is 4.92 Å². The van der Waals surface area contributed by atoms with Gasteiger partial charge in [-0.1, -0.05) is 22.8 Å². The van der Waals surface area contributed by atoms with Crippen LogP contribution in [0.3, 0.4) is 0 Å². The molecule has 8 heteroatoms. The standard InChI is InChI=1S/C11H18N4O3S/c1-4-10(9(2)15(17)18)7-11(13-16)8-14-12-5-6-19(14)3/h5-7,9,11H,4,8H2,1-3H3. The molecule has 106 valence electrons. The summed E-state index contributed by atoms with van der Waals surface area (Å²) in [5.74, 6) is 0. The molecule has 0 aromatic rings. The van der Waals surface area contributed by atoms with E-state index in [9.17, 15) is 15.0 Å². The Hall–Kier alpha value is -1.57. The van der Waals surface area contributed by atoms with Crippen molar-refractivity contribution in [2.24, 2.45) is 10.3 Å². The van der Waals surface area contributed by atoms with Crippen LogP contribution in [-0.2, 0) is 0 Å². The zero-order valence-electron chi connectivity index (χ0n) is 11.2. The van der Waals surface area contributed by atoms with Gasteiger partial charge in [-0.2, -0.15) is 10.0 Å². The van der Waals surface area contributed by atoms with Crippen LogP contribution >= 0.6 is 10.7 Å².